The maximum atomic E-state index is 13.4. The molecule has 2 saturated heterocycles. The van der Waals surface area contributed by atoms with Gasteiger partial charge in [-0.25, -0.2) is 4.39 Å². The van der Waals surface area contributed by atoms with E-state index in [9.17, 15) is 14.0 Å². The van der Waals surface area contributed by atoms with Crippen molar-refractivity contribution >= 4 is 11.8 Å². The van der Waals surface area contributed by atoms with Gasteiger partial charge in [-0.05, 0) is 55.7 Å². The smallest absolute Gasteiger partial charge is 0.227 e. The molecule has 5 heteroatoms. The number of halogens is 1. The molecule has 0 bridgehead atoms. The van der Waals surface area contributed by atoms with Crippen LogP contribution >= 0.6 is 0 Å². The van der Waals surface area contributed by atoms with Gasteiger partial charge >= 0.3 is 0 Å². The van der Waals surface area contributed by atoms with Crippen LogP contribution in [0.1, 0.15) is 43.6 Å². The van der Waals surface area contributed by atoms with Crippen molar-refractivity contribution in [2.75, 3.05) is 26.2 Å². The average molecular weight is 344 g/mol. The van der Waals surface area contributed by atoms with E-state index >= 15 is 0 Å². The van der Waals surface area contributed by atoms with Crippen LogP contribution < -0.4 is 0 Å². The molecule has 4 rings (SSSR count). The molecule has 1 aromatic rings. The van der Waals surface area contributed by atoms with Gasteiger partial charge < -0.3 is 9.80 Å². The van der Waals surface area contributed by atoms with Crippen LogP contribution in [0.15, 0.2) is 24.3 Å². The fraction of sp³-hybridized carbons (Fsp3) is 0.600. The van der Waals surface area contributed by atoms with Gasteiger partial charge in [0.25, 0.3) is 0 Å². The number of benzene rings is 1. The van der Waals surface area contributed by atoms with E-state index in [0.717, 1.165) is 57.3 Å². The Hall–Kier alpha value is -1.91. The molecule has 2 heterocycles. The Balaban J connectivity index is 1.37. The summed E-state index contributed by atoms with van der Waals surface area (Å²) in [6.07, 6.45) is 4.77. The number of amides is 2. The monoisotopic (exact) mass is 344 g/mol. The number of carbonyl (C=O) groups is 2. The minimum Gasteiger partial charge on any atom is -0.342 e. The van der Waals surface area contributed by atoms with E-state index in [-0.39, 0.29) is 35.4 Å². The Labute approximate surface area is 148 Å². The average Bonchev–Trinajstić information content (AvgIpc) is 3.25. The minimum atomic E-state index is -0.246. The van der Waals surface area contributed by atoms with Gasteiger partial charge in [-0.3, -0.25) is 9.59 Å². The van der Waals surface area contributed by atoms with Crippen molar-refractivity contribution < 1.29 is 14.0 Å². The highest BCUT2D eigenvalue weighted by Crippen LogP contribution is 2.48. The van der Waals surface area contributed by atoms with Crippen LogP contribution in [0, 0.1) is 17.7 Å². The van der Waals surface area contributed by atoms with Gasteiger partial charge in [0, 0.05) is 32.1 Å². The Morgan fingerprint density at radius 2 is 1.76 bits per heavy atom. The van der Waals surface area contributed by atoms with Crippen LogP contribution in [0.3, 0.4) is 0 Å². The topological polar surface area (TPSA) is 40.6 Å². The van der Waals surface area contributed by atoms with Crippen molar-refractivity contribution in [3.05, 3.63) is 35.6 Å². The number of rotatable bonds is 3. The zero-order valence-electron chi connectivity index (χ0n) is 14.5. The van der Waals surface area contributed by atoms with Crippen molar-refractivity contribution in [1.82, 2.24) is 9.80 Å². The van der Waals surface area contributed by atoms with E-state index in [4.69, 9.17) is 0 Å². The fourth-order valence-electron chi connectivity index (χ4n) is 4.38. The number of piperidine rings is 1. The number of hydrogen-bond acceptors (Lipinski definition) is 2. The van der Waals surface area contributed by atoms with Crippen LogP contribution in [0.4, 0.5) is 4.39 Å². The largest absolute Gasteiger partial charge is 0.342 e. The summed E-state index contributed by atoms with van der Waals surface area (Å²) < 4.78 is 13.4. The highest BCUT2D eigenvalue weighted by molar-refractivity contribution is 5.85. The van der Waals surface area contributed by atoms with Crippen molar-refractivity contribution in [3.63, 3.8) is 0 Å². The summed E-state index contributed by atoms with van der Waals surface area (Å²) in [7, 11) is 0. The van der Waals surface area contributed by atoms with E-state index in [1.165, 1.54) is 12.1 Å². The molecule has 1 aliphatic carbocycles. The lowest BCUT2D eigenvalue weighted by Gasteiger charge is -2.34. The van der Waals surface area contributed by atoms with Gasteiger partial charge in [-0.15, -0.1) is 0 Å². The summed E-state index contributed by atoms with van der Waals surface area (Å²) in [5.74, 6) is 0.188. The zero-order chi connectivity index (χ0) is 17.4. The molecule has 2 aliphatic heterocycles. The lowest BCUT2D eigenvalue weighted by Crippen LogP contribution is -2.46. The highest BCUT2D eigenvalue weighted by Gasteiger charge is 2.47. The summed E-state index contributed by atoms with van der Waals surface area (Å²) in [6.45, 7) is 3.04. The van der Waals surface area contributed by atoms with Gasteiger partial charge in [-0.2, -0.15) is 0 Å². The van der Waals surface area contributed by atoms with Gasteiger partial charge in [0.1, 0.15) is 5.82 Å². The molecule has 134 valence electrons. The maximum Gasteiger partial charge on any atom is 0.227 e. The van der Waals surface area contributed by atoms with Crippen molar-refractivity contribution in [3.8, 4) is 0 Å². The van der Waals surface area contributed by atoms with Gasteiger partial charge in [0.05, 0.1) is 5.92 Å². The van der Waals surface area contributed by atoms with Crippen LogP contribution in [-0.2, 0) is 9.59 Å². The second-order valence-corrected chi connectivity index (χ2v) is 7.66. The van der Waals surface area contributed by atoms with Crippen molar-refractivity contribution in [2.45, 2.75) is 38.0 Å². The van der Waals surface area contributed by atoms with Gasteiger partial charge in [0.2, 0.25) is 11.8 Å². The van der Waals surface area contributed by atoms with Crippen molar-refractivity contribution in [2.24, 2.45) is 11.8 Å². The summed E-state index contributed by atoms with van der Waals surface area (Å²) >= 11 is 0. The third-order valence-electron chi connectivity index (χ3n) is 5.88. The number of carbonyl (C=O) groups excluding carboxylic acids is 2. The Morgan fingerprint density at radius 1 is 1.00 bits per heavy atom. The highest BCUT2D eigenvalue weighted by atomic mass is 19.1. The number of nitrogens with zero attached hydrogens (tertiary/aromatic N) is 2. The van der Waals surface area contributed by atoms with Crippen LogP contribution in [0.25, 0.3) is 0 Å². The maximum absolute atomic E-state index is 13.4. The van der Waals surface area contributed by atoms with Crippen LogP contribution in [0.2, 0.25) is 0 Å². The van der Waals surface area contributed by atoms with E-state index in [2.05, 4.69) is 0 Å². The standard InChI is InChI=1S/C20H25FN2O2/c21-16-7-3-5-14(11-16)17-12-18(17)20(25)23-10-4-6-15(13-23)19(24)22-8-1-2-9-22/h3,5,7,11,15,17-18H,1-2,4,6,8-10,12-13H2/t15-,17-,18+/m1/s1. The molecule has 25 heavy (non-hydrogen) atoms. The lowest BCUT2D eigenvalue weighted by molar-refractivity contribution is -0.140. The van der Waals surface area contributed by atoms with Crippen LogP contribution in [-0.4, -0.2) is 47.8 Å². The molecule has 2 amide bonds. The van der Waals surface area contributed by atoms with E-state index < -0.39 is 0 Å². The molecule has 4 nitrogen and oxygen atoms in total. The number of likely N-dealkylation sites (tertiary alicyclic amines) is 2. The third-order valence-corrected chi connectivity index (χ3v) is 5.88. The molecule has 0 radical (unpaired) electrons. The molecule has 0 unspecified atom stereocenters. The normalized spacial score (nSPS) is 28.9. The summed E-state index contributed by atoms with van der Waals surface area (Å²) in [4.78, 5) is 29.3. The molecule has 0 aromatic heterocycles. The molecule has 1 saturated carbocycles. The quantitative estimate of drug-likeness (QED) is 0.846. The van der Waals surface area contributed by atoms with E-state index in [1.807, 2.05) is 15.9 Å². The molecular weight excluding hydrogens is 319 g/mol. The molecule has 1 aromatic carbocycles. The van der Waals surface area contributed by atoms with E-state index in [0.29, 0.717) is 6.54 Å². The molecule has 3 atom stereocenters. The molecule has 0 N–H and O–H groups in total. The van der Waals surface area contributed by atoms with Gasteiger partial charge in [-0.1, -0.05) is 12.1 Å². The number of hydrogen-bond donors (Lipinski definition) is 0. The van der Waals surface area contributed by atoms with Gasteiger partial charge in [0.15, 0.2) is 0 Å². The third kappa shape index (κ3) is 3.42. The van der Waals surface area contributed by atoms with Crippen molar-refractivity contribution in [1.29, 1.82) is 0 Å². The Bertz CT molecular complexity index is 671. The predicted octanol–water partition coefficient (Wildman–Crippen LogP) is 2.79. The first-order valence-corrected chi connectivity index (χ1v) is 9.46. The molecule has 0 spiro atoms. The van der Waals surface area contributed by atoms with Crippen LogP contribution in [0.5, 0.6) is 0 Å². The summed E-state index contributed by atoms with van der Waals surface area (Å²) in [6, 6.07) is 6.57. The molecule has 3 aliphatic rings. The Kier molecular flexibility index (Phi) is 4.48. The second kappa shape index (κ2) is 6.77. The first-order chi connectivity index (χ1) is 12.1. The lowest BCUT2D eigenvalue weighted by atomic mass is 9.96. The second-order valence-electron chi connectivity index (χ2n) is 7.66. The van der Waals surface area contributed by atoms with E-state index in [1.54, 1.807) is 6.07 Å². The summed E-state index contributed by atoms with van der Waals surface area (Å²) in [5.41, 5.74) is 0.917. The first-order valence-electron chi connectivity index (χ1n) is 9.46. The minimum absolute atomic E-state index is 0.0394. The first kappa shape index (κ1) is 16.6. The zero-order valence-corrected chi connectivity index (χ0v) is 14.5. The SMILES string of the molecule is O=C([C@@H]1CCCN(C(=O)[C@H]2C[C@@H]2c2cccc(F)c2)C1)N1CCCC1. The fourth-order valence-corrected chi connectivity index (χ4v) is 4.38. The predicted molar refractivity (Wildman–Crippen MR) is 92.4 cm³/mol. The molecule has 3 fully saturated rings. The molecular formula is C20H25FN2O2. The summed E-state index contributed by atoms with van der Waals surface area (Å²) in [5, 5.41) is 0. The Morgan fingerprint density at radius 3 is 2.52 bits per heavy atom.